The van der Waals surface area contributed by atoms with E-state index in [1.165, 1.54) is 30.3 Å². The molecule has 8 nitrogen and oxygen atoms in total. The average Bonchev–Trinajstić information content (AvgIpc) is 2.74. The van der Waals surface area contributed by atoms with Crippen molar-refractivity contribution in [2.75, 3.05) is 17.2 Å². The van der Waals surface area contributed by atoms with E-state index in [0.717, 1.165) is 36.2 Å². The second-order valence-corrected chi connectivity index (χ2v) is 9.41. The van der Waals surface area contributed by atoms with Gasteiger partial charge in [0, 0.05) is 24.8 Å². The molecule has 1 aliphatic heterocycles. The van der Waals surface area contributed by atoms with Gasteiger partial charge in [-0.25, -0.2) is 8.42 Å². The van der Waals surface area contributed by atoms with Crippen LogP contribution < -0.4 is 10.6 Å². The van der Waals surface area contributed by atoms with Crippen LogP contribution in [0, 0.1) is 10.1 Å². The van der Waals surface area contributed by atoms with Gasteiger partial charge < -0.3 is 15.7 Å². The summed E-state index contributed by atoms with van der Waals surface area (Å²) < 4.78 is 25.6. The molecule has 31 heavy (non-hydrogen) atoms. The van der Waals surface area contributed by atoms with Crippen molar-refractivity contribution in [3.8, 4) is 5.75 Å². The topological polar surface area (TPSA) is 127 Å². The number of hydrogen-bond acceptors (Lipinski definition) is 7. The zero-order valence-electron chi connectivity index (χ0n) is 16.6. The number of sulfone groups is 1. The number of anilines is 2. The van der Waals surface area contributed by atoms with Gasteiger partial charge in [0.15, 0.2) is 0 Å². The first kappa shape index (κ1) is 20.7. The molecule has 9 heteroatoms. The standard InChI is InChI=1S/C22H21N3O5S/c23-20-12-16-2-1-11-24(21(16)13-22(20)25(27)28)14-15-3-7-18(8-4-15)31(29,30)19-9-5-17(26)6-10-19/h3-10,12-13,26H,1-2,11,14,23H2. The largest absolute Gasteiger partial charge is 0.508 e. The van der Waals surface area contributed by atoms with E-state index in [-0.39, 0.29) is 26.9 Å². The summed E-state index contributed by atoms with van der Waals surface area (Å²) in [6, 6.07) is 15.2. The van der Waals surface area contributed by atoms with E-state index in [2.05, 4.69) is 4.90 Å². The molecule has 0 spiro atoms. The minimum Gasteiger partial charge on any atom is -0.508 e. The first-order valence-corrected chi connectivity index (χ1v) is 11.2. The Morgan fingerprint density at radius 3 is 2.26 bits per heavy atom. The lowest BCUT2D eigenvalue weighted by Crippen LogP contribution is -2.29. The number of nitrogens with two attached hydrogens (primary N) is 1. The third kappa shape index (κ3) is 4.04. The van der Waals surface area contributed by atoms with Crippen molar-refractivity contribution in [2.45, 2.75) is 29.2 Å². The molecule has 0 saturated carbocycles. The molecule has 160 valence electrons. The van der Waals surface area contributed by atoms with Crippen molar-refractivity contribution in [1.82, 2.24) is 0 Å². The average molecular weight is 439 g/mol. The first-order chi connectivity index (χ1) is 14.8. The molecule has 0 aromatic heterocycles. The van der Waals surface area contributed by atoms with E-state index >= 15 is 0 Å². The van der Waals surface area contributed by atoms with E-state index in [9.17, 15) is 23.6 Å². The zero-order chi connectivity index (χ0) is 22.2. The number of nitro benzene ring substituents is 1. The Kier molecular flexibility index (Phi) is 5.28. The number of hydrogen-bond donors (Lipinski definition) is 2. The molecule has 0 unspecified atom stereocenters. The molecule has 3 N–H and O–H groups in total. The van der Waals surface area contributed by atoms with Crippen molar-refractivity contribution in [3.63, 3.8) is 0 Å². The molecule has 0 bridgehead atoms. The summed E-state index contributed by atoms with van der Waals surface area (Å²) in [6.45, 7) is 1.23. The van der Waals surface area contributed by atoms with Crippen LogP contribution >= 0.6 is 0 Å². The van der Waals surface area contributed by atoms with Gasteiger partial charge in [0.05, 0.1) is 14.7 Å². The SMILES string of the molecule is Nc1cc2c(cc1[N+](=O)[O-])N(Cc1ccc(S(=O)(=O)c3ccc(O)cc3)cc1)CCC2. The summed E-state index contributed by atoms with van der Waals surface area (Å²) in [4.78, 5) is 13.1. The first-order valence-electron chi connectivity index (χ1n) is 9.70. The van der Waals surface area contributed by atoms with Gasteiger partial charge in [-0.15, -0.1) is 0 Å². The van der Waals surface area contributed by atoms with Crippen molar-refractivity contribution in [3.05, 3.63) is 81.9 Å². The molecule has 0 atom stereocenters. The molecule has 1 aliphatic rings. The lowest BCUT2D eigenvalue weighted by Gasteiger charge is -2.31. The van der Waals surface area contributed by atoms with Gasteiger partial charge in [-0.1, -0.05) is 12.1 Å². The van der Waals surface area contributed by atoms with E-state index in [4.69, 9.17) is 5.73 Å². The Morgan fingerprint density at radius 2 is 1.65 bits per heavy atom. The lowest BCUT2D eigenvalue weighted by atomic mass is 9.99. The monoisotopic (exact) mass is 439 g/mol. The van der Waals surface area contributed by atoms with Crippen LogP contribution in [0.3, 0.4) is 0 Å². The number of phenols is 1. The molecule has 0 fully saturated rings. The van der Waals surface area contributed by atoms with Crippen LogP contribution in [0.2, 0.25) is 0 Å². The molecule has 0 aliphatic carbocycles. The van der Waals surface area contributed by atoms with Crippen LogP contribution in [0.4, 0.5) is 17.1 Å². The van der Waals surface area contributed by atoms with Crippen molar-refractivity contribution >= 4 is 26.9 Å². The summed E-state index contributed by atoms with van der Waals surface area (Å²) in [5.41, 5.74) is 8.52. The molecule has 1 heterocycles. The smallest absolute Gasteiger partial charge is 0.294 e. The third-order valence-electron chi connectivity index (χ3n) is 5.39. The highest BCUT2D eigenvalue weighted by molar-refractivity contribution is 7.91. The van der Waals surface area contributed by atoms with Crippen molar-refractivity contribution in [1.29, 1.82) is 0 Å². The fraction of sp³-hybridized carbons (Fsp3) is 0.182. The highest BCUT2D eigenvalue weighted by Crippen LogP contribution is 2.36. The highest BCUT2D eigenvalue weighted by Gasteiger charge is 2.23. The predicted octanol–water partition coefficient (Wildman–Crippen LogP) is 3.67. The number of fused-ring (bicyclic) bond motifs is 1. The van der Waals surface area contributed by atoms with Crippen LogP contribution in [-0.2, 0) is 22.8 Å². The minimum atomic E-state index is -3.69. The van der Waals surface area contributed by atoms with E-state index in [1.54, 1.807) is 30.3 Å². The fourth-order valence-electron chi connectivity index (χ4n) is 3.79. The summed E-state index contributed by atoms with van der Waals surface area (Å²) in [5, 5.41) is 20.6. The molecule has 4 rings (SSSR count). The quantitative estimate of drug-likeness (QED) is 0.353. The van der Waals surface area contributed by atoms with Crippen LogP contribution in [0.1, 0.15) is 17.5 Å². The summed E-state index contributed by atoms with van der Waals surface area (Å²) in [6.07, 6.45) is 1.70. The van der Waals surface area contributed by atoms with Gasteiger partial charge in [0.2, 0.25) is 9.84 Å². The van der Waals surface area contributed by atoms with E-state index < -0.39 is 14.8 Å². The number of nitrogens with zero attached hydrogens (tertiary/aromatic N) is 2. The predicted molar refractivity (Wildman–Crippen MR) is 117 cm³/mol. The maximum absolute atomic E-state index is 12.8. The Morgan fingerprint density at radius 1 is 1.03 bits per heavy atom. The Bertz CT molecular complexity index is 1240. The van der Waals surface area contributed by atoms with Crippen LogP contribution in [0.15, 0.2) is 70.5 Å². The van der Waals surface area contributed by atoms with Gasteiger partial charge in [-0.3, -0.25) is 10.1 Å². The highest BCUT2D eigenvalue weighted by atomic mass is 32.2. The third-order valence-corrected chi connectivity index (χ3v) is 7.18. The van der Waals surface area contributed by atoms with Gasteiger partial charge >= 0.3 is 0 Å². The Labute approximate surface area is 179 Å². The summed E-state index contributed by atoms with van der Waals surface area (Å²) >= 11 is 0. The van der Waals surface area contributed by atoms with Gasteiger partial charge in [0.25, 0.3) is 5.69 Å². The fourth-order valence-corrected chi connectivity index (χ4v) is 5.06. The maximum atomic E-state index is 12.8. The van der Waals surface area contributed by atoms with Crippen LogP contribution in [0.25, 0.3) is 0 Å². The van der Waals surface area contributed by atoms with Gasteiger partial charge in [-0.05, 0) is 66.4 Å². The molecule has 3 aromatic carbocycles. The molecular formula is C22H21N3O5S. The number of aryl methyl sites for hydroxylation is 1. The molecule has 0 amide bonds. The van der Waals surface area contributed by atoms with E-state index in [0.29, 0.717) is 6.54 Å². The van der Waals surface area contributed by atoms with Crippen LogP contribution in [0.5, 0.6) is 5.75 Å². The van der Waals surface area contributed by atoms with Crippen molar-refractivity contribution < 1.29 is 18.4 Å². The summed E-state index contributed by atoms with van der Waals surface area (Å²) in [5.74, 6) is -0.00176. The van der Waals surface area contributed by atoms with Gasteiger partial charge in [0.1, 0.15) is 11.4 Å². The normalized spacial score (nSPS) is 13.6. The number of aromatic hydroxyl groups is 1. The summed E-state index contributed by atoms with van der Waals surface area (Å²) in [7, 11) is -3.69. The second kappa shape index (κ2) is 7.92. The van der Waals surface area contributed by atoms with Gasteiger partial charge in [-0.2, -0.15) is 0 Å². The maximum Gasteiger partial charge on any atom is 0.294 e. The molecule has 3 aromatic rings. The number of phenolic OH excluding ortho intramolecular Hbond substituents is 1. The second-order valence-electron chi connectivity index (χ2n) is 7.46. The number of nitrogen functional groups attached to an aromatic ring is 1. The minimum absolute atomic E-state index is 0.00176. The number of nitro groups is 1. The Hall–Kier alpha value is -3.59. The molecule has 0 radical (unpaired) electrons. The number of benzene rings is 3. The number of rotatable bonds is 5. The zero-order valence-corrected chi connectivity index (χ0v) is 17.4. The van der Waals surface area contributed by atoms with Crippen LogP contribution in [-0.4, -0.2) is 25.0 Å². The van der Waals surface area contributed by atoms with E-state index in [1.807, 2.05) is 0 Å². The molecular weight excluding hydrogens is 418 g/mol. The Balaban J connectivity index is 1.59. The molecule has 0 saturated heterocycles. The van der Waals surface area contributed by atoms with Crippen molar-refractivity contribution in [2.24, 2.45) is 0 Å². The lowest BCUT2D eigenvalue weighted by molar-refractivity contribution is -0.383.